The van der Waals surface area contributed by atoms with E-state index in [4.69, 9.17) is 11.6 Å². The summed E-state index contributed by atoms with van der Waals surface area (Å²) in [6.07, 6.45) is 0. The van der Waals surface area contributed by atoms with Gasteiger partial charge in [-0.15, -0.1) is 0 Å². The fourth-order valence-electron chi connectivity index (χ4n) is 1.48. The molecule has 1 heterocycles. The Morgan fingerprint density at radius 3 is 2.44 bits per heavy atom. The molecule has 18 heavy (non-hydrogen) atoms. The molecule has 0 atom stereocenters. The van der Waals surface area contributed by atoms with E-state index in [9.17, 15) is 4.39 Å². The lowest BCUT2D eigenvalue weighted by molar-refractivity contribution is 0.628. The highest BCUT2D eigenvalue weighted by Crippen LogP contribution is 2.21. The lowest BCUT2D eigenvalue weighted by Gasteiger charge is -2.09. The molecule has 0 fully saturated rings. The van der Waals surface area contributed by atoms with Crippen molar-refractivity contribution in [2.24, 2.45) is 0 Å². The Hall–Kier alpha value is -1.68. The standard InChI is InChI=1S/C13H13ClFN3/c1-8(2)11-7-12(18-13(14)17-11)16-10-5-3-9(15)4-6-10/h3-8H,1-2H3,(H,16,17,18). The van der Waals surface area contributed by atoms with Crippen molar-refractivity contribution < 1.29 is 4.39 Å². The van der Waals surface area contributed by atoms with Gasteiger partial charge in [0, 0.05) is 11.8 Å². The molecule has 5 heteroatoms. The summed E-state index contributed by atoms with van der Waals surface area (Å²) in [7, 11) is 0. The van der Waals surface area contributed by atoms with Gasteiger partial charge in [-0.25, -0.2) is 14.4 Å². The Bertz CT molecular complexity index is 540. The normalized spacial score (nSPS) is 10.7. The smallest absolute Gasteiger partial charge is 0.224 e. The average molecular weight is 266 g/mol. The van der Waals surface area contributed by atoms with Crippen LogP contribution in [-0.4, -0.2) is 9.97 Å². The van der Waals surface area contributed by atoms with E-state index in [0.717, 1.165) is 11.4 Å². The number of nitrogens with zero attached hydrogens (tertiary/aromatic N) is 2. The fourth-order valence-corrected chi connectivity index (χ4v) is 1.67. The minimum atomic E-state index is -0.274. The van der Waals surface area contributed by atoms with E-state index in [2.05, 4.69) is 15.3 Å². The van der Waals surface area contributed by atoms with Gasteiger partial charge in [0.25, 0.3) is 0 Å². The quantitative estimate of drug-likeness (QED) is 0.848. The van der Waals surface area contributed by atoms with Gasteiger partial charge >= 0.3 is 0 Å². The molecule has 0 aliphatic carbocycles. The van der Waals surface area contributed by atoms with Gasteiger partial charge in [-0.2, -0.15) is 0 Å². The van der Waals surface area contributed by atoms with Gasteiger partial charge in [-0.05, 0) is 41.8 Å². The highest BCUT2D eigenvalue weighted by atomic mass is 35.5. The second-order valence-corrected chi connectivity index (χ2v) is 4.57. The Morgan fingerprint density at radius 1 is 1.17 bits per heavy atom. The number of rotatable bonds is 3. The van der Waals surface area contributed by atoms with Crippen LogP contribution in [0.25, 0.3) is 0 Å². The Balaban J connectivity index is 2.26. The van der Waals surface area contributed by atoms with Crippen LogP contribution in [0.3, 0.4) is 0 Å². The van der Waals surface area contributed by atoms with Gasteiger partial charge in [0.1, 0.15) is 11.6 Å². The lowest BCUT2D eigenvalue weighted by Crippen LogP contribution is -2.00. The van der Waals surface area contributed by atoms with E-state index in [0.29, 0.717) is 5.82 Å². The van der Waals surface area contributed by atoms with Gasteiger partial charge < -0.3 is 5.32 Å². The molecule has 3 nitrogen and oxygen atoms in total. The summed E-state index contributed by atoms with van der Waals surface area (Å²) in [4.78, 5) is 8.23. The maximum absolute atomic E-state index is 12.8. The Morgan fingerprint density at radius 2 is 1.83 bits per heavy atom. The number of nitrogens with one attached hydrogen (secondary N) is 1. The largest absolute Gasteiger partial charge is 0.340 e. The monoisotopic (exact) mass is 265 g/mol. The van der Waals surface area contributed by atoms with Gasteiger partial charge in [0.15, 0.2) is 0 Å². The van der Waals surface area contributed by atoms with Crippen LogP contribution in [0.15, 0.2) is 30.3 Å². The first kappa shape index (κ1) is 12.8. The van der Waals surface area contributed by atoms with Gasteiger partial charge in [-0.3, -0.25) is 0 Å². The molecule has 0 aliphatic heterocycles. The van der Waals surface area contributed by atoms with E-state index in [-0.39, 0.29) is 17.0 Å². The molecule has 0 bridgehead atoms. The van der Waals surface area contributed by atoms with Crippen molar-refractivity contribution in [1.82, 2.24) is 9.97 Å². The summed E-state index contributed by atoms with van der Waals surface area (Å²) in [5, 5.41) is 3.26. The van der Waals surface area contributed by atoms with Crippen molar-refractivity contribution >= 4 is 23.1 Å². The molecular formula is C13H13ClFN3. The molecule has 1 aromatic heterocycles. The van der Waals surface area contributed by atoms with Crippen molar-refractivity contribution in [2.75, 3.05) is 5.32 Å². The molecule has 0 radical (unpaired) electrons. The highest BCUT2D eigenvalue weighted by Gasteiger charge is 2.06. The topological polar surface area (TPSA) is 37.8 Å². The van der Waals surface area contributed by atoms with Crippen LogP contribution < -0.4 is 5.32 Å². The molecule has 1 aromatic carbocycles. The van der Waals surface area contributed by atoms with Crippen molar-refractivity contribution in [3.05, 3.63) is 47.1 Å². The van der Waals surface area contributed by atoms with Crippen LogP contribution in [0, 0.1) is 5.82 Å². The molecule has 2 aromatic rings. The predicted molar refractivity (Wildman–Crippen MR) is 70.8 cm³/mol. The third kappa shape index (κ3) is 3.17. The maximum Gasteiger partial charge on any atom is 0.224 e. The van der Waals surface area contributed by atoms with Crippen LogP contribution in [0.4, 0.5) is 15.9 Å². The average Bonchev–Trinajstić information content (AvgIpc) is 2.31. The first-order chi connectivity index (χ1) is 8.54. The van der Waals surface area contributed by atoms with Crippen LogP contribution in [0.1, 0.15) is 25.5 Å². The summed E-state index contributed by atoms with van der Waals surface area (Å²) in [5.74, 6) is 0.591. The summed E-state index contributed by atoms with van der Waals surface area (Å²) < 4.78 is 12.8. The SMILES string of the molecule is CC(C)c1cc(Nc2ccc(F)cc2)nc(Cl)n1. The molecular weight excluding hydrogens is 253 g/mol. The second kappa shape index (κ2) is 5.31. The number of halogens is 2. The van der Waals surface area contributed by atoms with E-state index in [1.165, 1.54) is 12.1 Å². The number of benzene rings is 1. The molecule has 1 N–H and O–H groups in total. The van der Waals surface area contributed by atoms with Crippen molar-refractivity contribution in [2.45, 2.75) is 19.8 Å². The Kier molecular flexibility index (Phi) is 3.77. The first-order valence-electron chi connectivity index (χ1n) is 5.61. The van der Waals surface area contributed by atoms with E-state index in [1.54, 1.807) is 12.1 Å². The van der Waals surface area contributed by atoms with Crippen molar-refractivity contribution in [3.63, 3.8) is 0 Å². The van der Waals surface area contributed by atoms with E-state index >= 15 is 0 Å². The number of hydrogen-bond acceptors (Lipinski definition) is 3. The number of hydrogen-bond donors (Lipinski definition) is 1. The lowest BCUT2D eigenvalue weighted by atomic mass is 10.1. The van der Waals surface area contributed by atoms with Crippen molar-refractivity contribution in [1.29, 1.82) is 0 Å². The zero-order chi connectivity index (χ0) is 13.1. The van der Waals surface area contributed by atoms with Crippen LogP contribution >= 0.6 is 11.6 Å². The van der Waals surface area contributed by atoms with Crippen LogP contribution in [-0.2, 0) is 0 Å². The van der Waals surface area contributed by atoms with Gasteiger partial charge in [0.05, 0.1) is 5.69 Å². The predicted octanol–water partition coefficient (Wildman–Crippen LogP) is 4.14. The first-order valence-corrected chi connectivity index (χ1v) is 5.99. The van der Waals surface area contributed by atoms with Gasteiger partial charge in [-0.1, -0.05) is 13.8 Å². The van der Waals surface area contributed by atoms with E-state index < -0.39 is 0 Å². The third-order valence-electron chi connectivity index (χ3n) is 2.43. The summed E-state index contributed by atoms with van der Waals surface area (Å²) in [6.45, 7) is 4.06. The molecule has 94 valence electrons. The molecule has 0 unspecified atom stereocenters. The molecule has 0 amide bonds. The van der Waals surface area contributed by atoms with Crippen molar-refractivity contribution in [3.8, 4) is 0 Å². The van der Waals surface area contributed by atoms with Crippen LogP contribution in [0.2, 0.25) is 5.28 Å². The number of aromatic nitrogens is 2. The summed E-state index contributed by atoms with van der Waals surface area (Å²) in [6, 6.07) is 7.88. The molecule has 2 rings (SSSR count). The molecule has 0 saturated heterocycles. The molecule has 0 saturated carbocycles. The third-order valence-corrected chi connectivity index (χ3v) is 2.60. The second-order valence-electron chi connectivity index (χ2n) is 4.23. The van der Waals surface area contributed by atoms with E-state index in [1.807, 2.05) is 19.9 Å². The van der Waals surface area contributed by atoms with Crippen LogP contribution in [0.5, 0.6) is 0 Å². The highest BCUT2D eigenvalue weighted by molar-refractivity contribution is 6.28. The zero-order valence-corrected chi connectivity index (χ0v) is 10.9. The van der Waals surface area contributed by atoms with Gasteiger partial charge in [0.2, 0.25) is 5.28 Å². The summed E-state index contributed by atoms with van der Waals surface area (Å²) in [5.41, 5.74) is 1.61. The minimum Gasteiger partial charge on any atom is -0.340 e. The summed E-state index contributed by atoms with van der Waals surface area (Å²) >= 11 is 5.86. The Labute approximate surface area is 110 Å². The minimum absolute atomic E-state index is 0.200. The zero-order valence-electron chi connectivity index (χ0n) is 10.1. The maximum atomic E-state index is 12.8. The molecule has 0 aliphatic rings. The number of anilines is 2. The molecule has 0 spiro atoms. The fraction of sp³-hybridized carbons (Fsp3) is 0.231.